The van der Waals surface area contributed by atoms with Gasteiger partial charge in [0, 0.05) is 12.2 Å². The van der Waals surface area contributed by atoms with Gasteiger partial charge in [-0.15, -0.1) is 11.8 Å². The number of rotatable bonds is 0. The van der Waals surface area contributed by atoms with E-state index in [4.69, 9.17) is 10.4 Å². The summed E-state index contributed by atoms with van der Waals surface area (Å²) in [5, 5.41) is 22.8. The number of thioether (sulfide) groups is 1. The van der Waals surface area contributed by atoms with Crippen molar-refractivity contribution in [3.63, 3.8) is 0 Å². The third-order valence-corrected chi connectivity index (χ3v) is 2.04. The summed E-state index contributed by atoms with van der Waals surface area (Å²) in [6, 6.07) is 0. The van der Waals surface area contributed by atoms with Gasteiger partial charge in [-0.05, 0) is 0 Å². The molecule has 0 atom stereocenters. The van der Waals surface area contributed by atoms with Crippen molar-refractivity contribution >= 4 is 22.5 Å². The second-order valence-electron chi connectivity index (χ2n) is 1.55. The van der Waals surface area contributed by atoms with Crippen LogP contribution in [0.2, 0.25) is 0 Å². The lowest BCUT2D eigenvalue weighted by Crippen LogP contribution is -2.01. The highest BCUT2D eigenvalue weighted by atomic mass is 32.2. The first-order valence-corrected chi connectivity index (χ1v) is 3.43. The molecule has 0 saturated carbocycles. The Kier molecular flexibility index (Phi) is 1.94. The molecule has 0 aromatic carbocycles. The summed E-state index contributed by atoms with van der Waals surface area (Å²) >= 11 is 1.38. The first-order valence-electron chi connectivity index (χ1n) is 2.44. The van der Waals surface area contributed by atoms with Crippen LogP contribution in [-0.4, -0.2) is 26.9 Å². The minimum absolute atomic E-state index is 0.428. The summed E-state index contributed by atoms with van der Waals surface area (Å²) in [5.74, 6) is 0.832. The normalized spacial score (nSPS) is 28.0. The lowest BCUT2D eigenvalue weighted by atomic mass is 10.3. The Labute approximate surface area is 56.2 Å². The molecule has 0 spiro atoms. The zero-order valence-electron chi connectivity index (χ0n) is 4.61. The van der Waals surface area contributed by atoms with Gasteiger partial charge in [0.25, 0.3) is 0 Å². The van der Waals surface area contributed by atoms with Crippen LogP contribution in [0.25, 0.3) is 0 Å². The lowest BCUT2D eigenvalue weighted by Gasteiger charge is -1.87. The van der Waals surface area contributed by atoms with E-state index in [2.05, 4.69) is 10.3 Å². The molecule has 9 heavy (non-hydrogen) atoms. The van der Waals surface area contributed by atoms with Crippen molar-refractivity contribution < 1.29 is 10.4 Å². The molecule has 0 aliphatic carbocycles. The van der Waals surface area contributed by atoms with Crippen molar-refractivity contribution in [3.05, 3.63) is 0 Å². The predicted octanol–water partition coefficient (Wildman–Crippen LogP) is 0.741. The summed E-state index contributed by atoms with van der Waals surface area (Å²) in [4.78, 5) is 0. The number of hydrogen-bond acceptors (Lipinski definition) is 5. The first-order chi connectivity index (χ1) is 4.38. The molecule has 0 bridgehead atoms. The van der Waals surface area contributed by atoms with Crippen LogP contribution < -0.4 is 0 Å². The molecule has 2 N–H and O–H groups in total. The van der Waals surface area contributed by atoms with Crippen LogP contribution in [0, 0.1) is 0 Å². The van der Waals surface area contributed by atoms with Crippen molar-refractivity contribution in [3.8, 4) is 0 Å². The third-order valence-electron chi connectivity index (χ3n) is 1.04. The molecular formula is C4H6N2O2S. The maximum atomic E-state index is 8.25. The van der Waals surface area contributed by atoms with Crippen LogP contribution in [0.5, 0.6) is 0 Å². The quantitative estimate of drug-likeness (QED) is 0.391. The molecular weight excluding hydrogens is 140 g/mol. The van der Waals surface area contributed by atoms with Gasteiger partial charge in [0.2, 0.25) is 0 Å². The van der Waals surface area contributed by atoms with Gasteiger partial charge in [-0.2, -0.15) is 0 Å². The van der Waals surface area contributed by atoms with Crippen molar-refractivity contribution in [2.45, 2.75) is 6.42 Å². The van der Waals surface area contributed by atoms with Crippen molar-refractivity contribution in [1.29, 1.82) is 0 Å². The second kappa shape index (κ2) is 2.72. The fourth-order valence-electron chi connectivity index (χ4n) is 0.614. The summed E-state index contributed by atoms with van der Waals surface area (Å²) in [6.45, 7) is 0. The van der Waals surface area contributed by atoms with E-state index in [0.717, 1.165) is 5.75 Å². The number of oxime groups is 2. The molecule has 0 aromatic heterocycles. The van der Waals surface area contributed by atoms with Gasteiger partial charge in [-0.1, -0.05) is 10.3 Å². The average Bonchev–Trinajstić information content (AvgIpc) is 2.33. The smallest absolute Gasteiger partial charge is 0.160 e. The fraction of sp³-hybridized carbons (Fsp3) is 0.500. The molecule has 1 aliphatic heterocycles. The van der Waals surface area contributed by atoms with Gasteiger partial charge >= 0.3 is 0 Å². The van der Waals surface area contributed by atoms with E-state index >= 15 is 0 Å². The van der Waals surface area contributed by atoms with Crippen molar-refractivity contribution in [2.24, 2.45) is 10.3 Å². The SMILES string of the molecule is O/N=C1\CCS\C1=N\O. The molecule has 0 amide bonds. The van der Waals surface area contributed by atoms with Crippen LogP contribution in [0.4, 0.5) is 0 Å². The standard InChI is InChI=1S/C4H6N2O2S/c7-5-3-1-2-9-4(3)6-8/h7-8H,1-2H2/b5-3+,6-4+. The Morgan fingerprint density at radius 2 is 2.11 bits per heavy atom. The molecule has 1 saturated heterocycles. The average molecular weight is 146 g/mol. The van der Waals surface area contributed by atoms with Crippen molar-refractivity contribution in [1.82, 2.24) is 0 Å². The van der Waals surface area contributed by atoms with E-state index in [9.17, 15) is 0 Å². The fourth-order valence-corrected chi connectivity index (χ4v) is 1.47. The van der Waals surface area contributed by atoms with Crippen LogP contribution >= 0.6 is 11.8 Å². The second-order valence-corrected chi connectivity index (χ2v) is 2.63. The third kappa shape index (κ3) is 1.16. The molecule has 0 radical (unpaired) electrons. The molecule has 5 heteroatoms. The molecule has 1 heterocycles. The highest BCUT2D eigenvalue weighted by Crippen LogP contribution is 2.17. The molecule has 1 fully saturated rings. The monoisotopic (exact) mass is 146 g/mol. The Morgan fingerprint density at radius 3 is 2.56 bits per heavy atom. The topological polar surface area (TPSA) is 65.2 Å². The van der Waals surface area contributed by atoms with Crippen LogP contribution in [-0.2, 0) is 0 Å². The predicted molar refractivity (Wildman–Crippen MR) is 35.5 cm³/mol. The molecule has 0 unspecified atom stereocenters. The van der Waals surface area contributed by atoms with Gasteiger partial charge in [-0.3, -0.25) is 0 Å². The van der Waals surface area contributed by atoms with E-state index in [0.29, 0.717) is 17.2 Å². The van der Waals surface area contributed by atoms with E-state index in [1.165, 1.54) is 11.8 Å². The zero-order valence-corrected chi connectivity index (χ0v) is 5.43. The largest absolute Gasteiger partial charge is 0.411 e. The highest BCUT2D eigenvalue weighted by molar-refractivity contribution is 8.16. The van der Waals surface area contributed by atoms with E-state index in [1.807, 2.05) is 0 Å². The minimum atomic E-state index is 0.428. The Hall–Kier alpha value is -0.710. The van der Waals surface area contributed by atoms with Gasteiger partial charge in [0.1, 0.15) is 5.71 Å². The van der Waals surface area contributed by atoms with Gasteiger partial charge in [0.05, 0.1) is 0 Å². The number of nitrogens with zero attached hydrogens (tertiary/aromatic N) is 2. The first kappa shape index (κ1) is 6.41. The zero-order chi connectivity index (χ0) is 6.69. The van der Waals surface area contributed by atoms with Crippen molar-refractivity contribution in [2.75, 3.05) is 5.75 Å². The van der Waals surface area contributed by atoms with Crippen LogP contribution in [0.15, 0.2) is 10.3 Å². The summed E-state index contributed by atoms with van der Waals surface area (Å²) < 4.78 is 0. The Morgan fingerprint density at radius 1 is 1.33 bits per heavy atom. The van der Waals surface area contributed by atoms with E-state index < -0.39 is 0 Å². The maximum Gasteiger partial charge on any atom is 0.160 e. The molecule has 1 aliphatic rings. The molecule has 1 rings (SSSR count). The van der Waals surface area contributed by atoms with Gasteiger partial charge < -0.3 is 10.4 Å². The summed E-state index contributed by atoms with van der Waals surface area (Å²) in [6.07, 6.45) is 0.681. The molecule has 50 valence electrons. The van der Waals surface area contributed by atoms with Gasteiger partial charge in [0.15, 0.2) is 5.04 Å². The molecule has 0 aromatic rings. The van der Waals surface area contributed by atoms with Gasteiger partial charge in [-0.25, -0.2) is 0 Å². The Balaban J connectivity index is 2.75. The minimum Gasteiger partial charge on any atom is -0.411 e. The van der Waals surface area contributed by atoms with E-state index in [-0.39, 0.29) is 0 Å². The van der Waals surface area contributed by atoms with Crippen LogP contribution in [0.3, 0.4) is 0 Å². The summed E-state index contributed by atoms with van der Waals surface area (Å²) in [5.41, 5.74) is 0.475. The molecule has 4 nitrogen and oxygen atoms in total. The number of hydrogen-bond donors (Lipinski definition) is 2. The Bertz CT molecular complexity index is 148. The van der Waals surface area contributed by atoms with E-state index in [1.54, 1.807) is 0 Å². The lowest BCUT2D eigenvalue weighted by molar-refractivity contribution is 0.315. The van der Waals surface area contributed by atoms with Crippen LogP contribution in [0.1, 0.15) is 6.42 Å². The summed E-state index contributed by atoms with van der Waals surface area (Å²) in [7, 11) is 0. The highest BCUT2D eigenvalue weighted by Gasteiger charge is 2.18. The maximum absolute atomic E-state index is 8.25.